The molecular weight excluding hydrogens is 282 g/mol. The molecule has 6 nitrogen and oxygen atoms in total. The van der Waals surface area contributed by atoms with Gasteiger partial charge in [0.05, 0.1) is 4.92 Å². The number of hydrogen-bond donors (Lipinski definition) is 0. The number of carbonyl (C=O) groups is 1. The molecule has 0 aromatic carbocycles. The Labute approximate surface area is 121 Å². The average Bonchev–Trinajstić information content (AvgIpc) is 2.84. The molecular formula is C13H19NO5S. The van der Waals surface area contributed by atoms with Crippen molar-refractivity contribution in [3.8, 4) is 0 Å². The van der Waals surface area contributed by atoms with Gasteiger partial charge in [-0.1, -0.05) is 25.2 Å². The van der Waals surface area contributed by atoms with E-state index in [0.717, 1.165) is 17.8 Å². The summed E-state index contributed by atoms with van der Waals surface area (Å²) in [6.07, 6.45) is 0.260. The van der Waals surface area contributed by atoms with Gasteiger partial charge in [-0.05, 0) is 19.3 Å². The third-order valence-corrected chi connectivity index (χ3v) is 3.52. The number of esters is 1. The number of nitro groups is 1. The Hall–Kier alpha value is -1.47. The van der Waals surface area contributed by atoms with Crippen LogP contribution in [0, 0.1) is 16.0 Å². The predicted molar refractivity (Wildman–Crippen MR) is 75.6 cm³/mol. The molecule has 1 unspecified atom stereocenters. The maximum absolute atomic E-state index is 11.7. The number of nitrogens with zero attached hydrogens (tertiary/aromatic N) is 1. The van der Waals surface area contributed by atoms with Crippen LogP contribution in [0.2, 0.25) is 0 Å². The van der Waals surface area contributed by atoms with Crippen LogP contribution >= 0.6 is 11.3 Å². The zero-order valence-electron chi connectivity index (χ0n) is 11.8. The van der Waals surface area contributed by atoms with E-state index in [2.05, 4.69) is 13.8 Å². The molecule has 1 heterocycles. The molecule has 1 rings (SSSR count). The zero-order valence-corrected chi connectivity index (χ0v) is 12.6. The Morgan fingerprint density at radius 1 is 1.45 bits per heavy atom. The van der Waals surface area contributed by atoms with E-state index >= 15 is 0 Å². The van der Waals surface area contributed by atoms with Gasteiger partial charge >= 0.3 is 11.0 Å². The molecule has 20 heavy (non-hydrogen) atoms. The lowest BCUT2D eigenvalue weighted by Crippen LogP contribution is -2.24. The van der Waals surface area contributed by atoms with Crippen molar-refractivity contribution in [1.29, 1.82) is 0 Å². The summed E-state index contributed by atoms with van der Waals surface area (Å²) in [6.45, 7) is 6.34. The van der Waals surface area contributed by atoms with Crippen LogP contribution in [-0.4, -0.2) is 23.6 Å². The van der Waals surface area contributed by atoms with Crippen molar-refractivity contribution >= 4 is 22.3 Å². The number of ether oxygens (including phenoxy) is 2. The van der Waals surface area contributed by atoms with Crippen molar-refractivity contribution in [2.24, 2.45) is 5.92 Å². The van der Waals surface area contributed by atoms with Crippen LogP contribution in [0.4, 0.5) is 5.00 Å². The summed E-state index contributed by atoms with van der Waals surface area (Å²) in [4.78, 5) is 21.7. The first kappa shape index (κ1) is 16.6. The predicted octanol–water partition coefficient (Wildman–Crippen LogP) is 3.15. The number of thiophene rings is 1. The molecule has 0 bridgehead atoms. The van der Waals surface area contributed by atoms with Gasteiger partial charge in [-0.25, -0.2) is 4.79 Å². The van der Waals surface area contributed by atoms with Crippen LogP contribution in [-0.2, 0) is 20.9 Å². The van der Waals surface area contributed by atoms with Crippen LogP contribution in [0.1, 0.15) is 32.8 Å². The largest absolute Gasteiger partial charge is 0.459 e. The lowest BCUT2D eigenvalue weighted by molar-refractivity contribution is -0.380. The lowest BCUT2D eigenvalue weighted by Gasteiger charge is -2.13. The van der Waals surface area contributed by atoms with Gasteiger partial charge in [-0.2, -0.15) is 0 Å². The molecule has 112 valence electrons. The first-order valence-electron chi connectivity index (χ1n) is 6.40. The van der Waals surface area contributed by atoms with Gasteiger partial charge in [-0.15, -0.1) is 0 Å². The summed E-state index contributed by atoms with van der Waals surface area (Å²) in [5.41, 5.74) is 0.615. The third kappa shape index (κ3) is 5.66. The summed E-state index contributed by atoms with van der Waals surface area (Å²) in [6, 6.07) is 1.40. The van der Waals surface area contributed by atoms with E-state index in [1.807, 2.05) is 0 Å². The van der Waals surface area contributed by atoms with Crippen molar-refractivity contribution in [2.45, 2.75) is 39.9 Å². The molecule has 0 saturated heterocycles. The number of carbonyl (C=O) groups excluding carboxylic acids is 1. The average molecular weight is 301 g/mol. The molecule has 1 atom stereocenters. The fourth-order valence-electron chi connectivity index (χ4n) is 1.35. The first-order valence-corrected chi connectivity index (χ1v) is 7.28. The van der Waals surface area contributed by atoms with Gasteiger partial charge in [0.2, 0.25) is 0 Å². The monoisotopic (exact) mass is 301 g/mol. The van der Waals surface area contributed by atoms with E-state index in [9.17, 15) is 14.9 Å². The van der Waals surface area contributed by atoms with Crippen LogP contribution in [0.3, 0.4) is 0 Å². The maximum Gasteiger partial charge on any atom is 0.335 e. The molecule has 1 aromatic heterocycles. The Balaban J connectivity index is 2.32. The van der Waals surface area contributed by atoms with E-state index in [-0.39, 0.29) is 11.6 Å². The molecule has 0 saturated carbocycles. The van der Waals surface area contributed by atoms with Gasteiger partial charge in [-0.3, -0.25) is 10.1 Å². The quantitative estimate of drug-likeness (QED) is 0.418. The third-order valence-electron chi connectivity index (χ3n) is 2.60. The Morgan fingerprint density at radius 3 is 2.70 bits per heavy atom. The molecule has 1 aromatic rings. The van der Waals surface area contributed by atoms with Crippen molar-refractivity contribution in [1.82, 2.24) is 0 Å². The highest BCUT2D eigenvalue weighted by atomic mass is 32.1. The Bertz CT molecular complexity index is 457. The van der Waals surface area contributed by atoms with Crippen LogP contribution in [0.25, 0.3) is 0 Å². The summed E-state index contributed by atoms with van der Waals surface area (Å²) < 4.78 is 10.4. The summed E-state index contributed by atoms with van der Waals surface area (Å²) >= 11 is 1.01. The first-order chi connectivity index (χ1) is 9.40. The van der Waals surface area contributed by atoms with Crippen molar-refractivity contribution in [3.63, 3.8) is 0 Å². The van der Waals surface area contributed by atoms with Crippen LogP contribution in [0.5, 0.6) is 0 Å². The number of rotatable bonds is 8. The fourth-order valence-corrected chi connectivity index (χ4v) is 2.07. The summed E-state index contributed by atoms with van der Waals surface area (Å²) in [5.74, 6) is 0.0622. The normalized spacial score (nSPS) is 12.4. The second kappa shape index (κ2) is 7.96. The Kier molecular flexibility index (Phi) is 6.60. The van der Waals surface area contributed by atoms with E-state index in [1.165, 1.54) is 6.07 Å². The van der Waals surface area contributed by atoms with E-state index in [1.54, 1.807) is 12.3 Å². The van der Waals surface area contributed by atoms with Crippen LogP contribution < -0.4 is 0 Å². The number of hydrogen-bond acceptors (Lipinski definition) is 6. The van der Waals surface area contributed by atoms with Gasteiger partial charge in [0.15, 0.2) is 6.10 Å². The molecule has 0 aliphatic heterocycles. The zero-order chi connectivity index (χ0) is 15.1. The smallest absolute Gasteiger partial charge is 0.335 e. The topological polar surface area (TPSA) is 78.7 Å². The van der Waals surface area contributed by atoms with Crippen molar-refractivity contribution in [3.05, 3.63) is 27.1 Å². The molecule has 0 aliphatic rings. The maximum atomic E-state index is 11.7. The second-order valence-corrected chi connectivity index (χ2v) is 5.74. The minimum Gasteiger partial charge on any atom is -0.459 e. The Morgan fingerprint density at radius 2 is 2.15 bits per heavy atom. The fraction of sp³-hybridized carbons (Fsp3) is 0.615. The molecule has 0 aliphatic carbocycles. The highest BCUT2D eigenvalue weighted by Crippen LogP contribution is 2.23. The van der Waals surface area contributed by atoms with E-state index < -0.39 is 17.0 Å². The standard InChI is InChI=1S/C13H19NO5S/c1-9(2)4-5-18-10(3)13(15)19-7-11-6-12(14(16)17)20-8-11/h6,8-10H,4-5,7H2,1-3H3. The molecule has 0 radical (unpaired) electrons. The van der Waals surface area contributed by atoms with Gasteiger partial charge < -0.3 is 9.47 Å². The lowest BCUT2D eigenvalue weighted by atomic mass is 10.1. The van der Waals surface area contributed by atoms with Crippen molar-refractivity contribution in [2.75, 3.05) is 6.61 Å². The molecule has 0 fully saturated rings. The highest BCUT2D eigenvalue weighted by Gasteiger charge is 2.16. The molecule has 0 spiro atoms. The van der Waals surface area contributed by atoms with E-state index in [4.69, 9.17) is 9.47 Å². The molecule has 7 heteroatoms. The SMILES string of the molecule is CC(C)CCOC(C)C(=O)OCc1csc([N+](=O)[O-])c1. The van der Waals surface area contributed by atoms with Gasteiger partial charge in [0.25, 0.3) is 0 Å². The van der Waals surface area contributed by atoms with E-state index in [0.29, 0.717) is 18.1 Å². The molecule has 0 amide bonds. The summed E-state index contributed by atoms with van der Waals surface area (Å²) in [7, 11) is 0. The molecule has 0 N–H and O–H groups in total. The second-order valence-electron chi connectivity index (χ2n) is 4.85. The van der Waals surface area contributed by atoms with Crippen molar-refractivity contribution < 1.29 is 19.2 Å². The van der Waals surface area contributed by atoms with Gasteiger partial charge in [0.1, 0.15) is 6.61 Å². The minimum atomic E-state index is -0.623. The minimum absolute atomic E-state index is 0.0288. The highest BCUT2D eigenvalue weighted by molar-refractivity contribution is 7.13. The van der Waals surface area contributed by atoms with Crippen LogP contribution in [0.15, 0.2) is 11.4 Å². The van der Waals surface area contributed by atoms with Gasteiger partial charge in [0, 0.05) is 23.6 Å². The summed E-state index contributed by atoms with van der Waals surface area (Å²) in [5, 5.41) is 12.2.